The molecule has 0 radical (unpaired) electrons. The van der Waals surface area contributed by atoms with Gasteiger partial charge in [-0.25, -0.2) is 4.39 Å². The minimum atomic E-state index is -0.316. The highest BCUT2D eigenvalue weighted by molar-refractivity contribution is 5.29. The maximum atomic E-state index is 13.7. The van der Waals surface area contributed by atoms with Crippen LogP contribution in [0.1, 0.15) is 12.0 Å². The van der Waals surface area contributed by atoms with Crippen LogP contribution in [0.3, 0.4) is 0 Å². The lowest BCUT2D eigenvalue weighted by Crippen LogP contribution is -2.24. The van der Waals surface area contributed by atoms with E-state index in [0.29, 0.717) is 0 Å². The van der Waals surface area contributed by atoms with Crippen molar-refractivity contribution in [1.82, 2.24) is 9.88 Å². The van der Waals surface area contributed by atoms with Gasteiger partial charge in [0.15, 0.2) is 11.6 Å². The predicted octanol–water partition coefficient (Wildman–Crippen LogP) is 2.88. The monoisotopic (exact) mass is 302 g/mol. The van der Waals surface area contributed by atoms with Crippen LogP contribution in [0.15, 0.2) is 42.7 Å². The molecule has 2 heterocycles. The zero-order chi connectivity index (χ0) is 15.4. The molecule has 0 amide bonds. The lowest BCUT2D eigenvalue weighted by molar-refractivity contribution is 0.198. The first kappa shape index (κ1) is 14.8. The van der Waals surface area contributed by atoms with Crippen LogP contribution in [0.4, 0.5) is 4.39 Å². The molecule has 4 nitrogen and oxygen atoms in total. The van der Waals surface area contributed by atoms with E-state index in [2.05, 4.69) is 9.88 Å². The maximum Gasteiger partial charge on any atom is 0.165 e. The van der Waals surface area contributed by atoms with Crippen LogP contribution in [-0.4, -0.2) is 36.2 Å². The van der Waals surface area contributed by atoms with Gasteiger partial charge in [0.05, 0.1) is 7.11 Å². The Bertz CT molecular complexity index is 621. The predicted molar refractivity (Wildman–Crippen MR) is 81.5 cm³/mol. The first-order chi connectivity index (χ1) is 10.7. The first-order valence-corrected chi connectivity index (χ1v) is 7.36. The molecule has 1 fully saturated rings. The van der Waals surface area contributed by atoms with Gasteiger partial charge in [-0.3, -0.25) is 9.88 Å². The number of hydrogen-bond acceptors (Lipinski definition) is 4. The Morgan fingerprint density at radius 3 is 2.82 bits per heavy atom. The summed E-state index contributed by atoms with van der Waals surface area (Å²) in [6.07, 6.45) is 4.59. The number of benzene rings is 1. The van der Waals surface area contributed by atoms with Gasteiger partial charge < -0.3 is 9.47 Å². The molecule has 1 aromatic heterocycles. The van der Waals surface area contributed by atoms with Crippen LogP contribution in [0.2, 0.25) is 0 Å². The molecule has 5 heteroatoms. The van der Waals surface area contributed by atoms with E-state index in [1.165, 1.54) is 13.2 Å². The summed E-state index contributed by atoms with van der Waals surface area (Å²) in [5.41, 5.74) is 0.947. The van der Waals surface area contributed by atoms with Crippen LogP contribution in [0, 0.1) is 5.82 Å². The standard InChI is InChI=1S/C17H19FN2O2/c1-21-17-3-2-13(10-16(17)18)11-20-9-6-15(12-20)22-14-4-7-19-8-5-14/h2-5,7-8,10,15H,6,9,11-12H2,1H3. The molecule has 0 N–H and O–H groups in total. The van der Waals surface area contributed by atoms with Crippen molar-refractivity contribution >= 4 is 0 Å². The number of likely N-dealkylation sites (tertiary alicyclic amines) is 1. The fourth-order valence-electron chi connectivity index (χ4n) is 2.71. The van der Waals surface area contributed by atoms with Crippen molar-refractivity contribution in [3.63, 3.8) is 0 Å². The molecule has 1 aliphatic rings. The lowest BCUT2D eigenvalue weighted by atomic mass is 10.2. The fraction of sp³-hybridized carbons (Fsp3) is 0.353. The molecular weight excluding hydrogens is 283 g/mol. The van der Waals surface area contributed by atoms with E-state index in [0.717, 1.165) is 37.4 Å². The molecule has 1 unspecified atom stereocenters. The summed E-state index contributed by atoms with van der Waals surface area (Å²) in [7, 11) is 1.47. The molecule has 116 valence electrons. The molecule has 1 aliphatic heterocycles. The van der Waals surface area contributed by atoms with Gasteiger partial charge in [0.1, 0.15) is 11.9 Å². The van der Waals surface area contributed by atoms with E-state index in [1.54, 1.807) is 18.5 Å². The van der Waals surface area contributed by atoms with Crippen LogP contribution in [-0.2, 0) is 6.54 Å². The van der Waals surface area contributed by atoms with Gasteiger partial charge in [-0.1, -0.05) is 6.07 Å². The largest absolute Gasteiger partial charge is 0.494 e. The van der Waals surface area contributed by atoms with Gasteiger partial charge in [-0.15, -0.1) is 0 Å². The second kappa shape index (κ2) is 6.75. The van der Waals surface area contributed by atoms with E-state index >= 15 is 0 Å². The van der Waals surface area contributed by atoms with E-state index in [4.69, 9.17) is 9.47 Å². The van der Waals surface area contributed by atoms with Crippen LogP contribution in [0.25, 0.3) is 0 Å². The highest BCUT2D eigenvalue weighted by Gasteiger charge is 2.24. The zero-order valence-corrected chi connectivity index (χ0v) is 12.5. The number of pyridine rings is 1. The summed E-state index contributed by atoms with van der Waals surface area (Å²) in [6.45, 7) is 2.51. The topological polar surface area (TPSA) is 34.6 Å². The molecule has 22 heavy (non-hydrogen) atoms. The van der Waals surface area contributed by atoms with E-state index in [-0.39, 0.29) is 17.7 Å². The Hall–Kier alpha value is -2.14. The second-order valence-corrected chi connectivity index (χ2v) is 5.42. The minimum absolute atomic E-state index is 0.172. The van der Waals surface area contributed by atoms with Crippen molar-refractivity contribution < 1.29 is 13.9 Å². The summed E-state index contributed by atoms with van der Waals surface area (Å²) in [5.74, 6) is 0.810. The van der Waals surface area contributed by atoms with Gasteiger partial charge in [-0.2, -0.15) is 0 Å². The summed E-state index contributed by atoms with van der Waals surface area (Å²) in [6, 6.07) is 8.84. The third-order valence-electron chi connectivity index (χ3n) is 3.80. The molecule has 0 spiro atoms. The van der Waals surface area contributed by atoms with Crippen molar-refractivity contribution in [3.8, 4) is 11.5 Å². The Morgan fingerprint density at radius 1 is 1.27 bits per heavy atom. The fourth-order valence-corrected chi connectivity index (χ4v) is 2.71. The molecule has 1 atom stereocenters. The van der Waals surface area contributed by atoms with Gasteiger partial charge in [-0.05, 0) is 36.2 Å². The number of methoxy groups -OCH3 is 1. The van der Waals surface area contributed by atoms with Crippen molar-refractivity contribution in [2.24, 2.45) is 0 Å². The Morgan fingerprint density at radius 2 is 2.09 bits per heavy atom. The number of nitrogens with zero attached hydrogens (tertiary/aromatic N) is 2. The van der Waals surface area contributed by atoms with Crippen LogP contribution in [0.5, 0.6) is 11.5 Å². The number of hydrogen-bond donors (Lipinski definition) is 0. The van der Waals surface area contributed by atoms with Crippen molar-refractivity contribution in [2.45, 2.75) is 19.1 Å². The van der Waals surface area contributed by atoms with Crippen LogP contribution < -0.4 is 9.47 Å². The Kier molecular flexibility index (Phi) is 4.53. The van der Waals surface area contributed by atoms with Crippen LogP contribution >= 0.6 is 0 Å². The van der Waals surface area contributed by atoms with Gasteiger partial charge in [0, 0.05) is 32.0 Å². The SMILES string of the molecule is COc1ccc(CN2CCC(Oc3ccncc3)C2)cc1F. The molecule has 1 saturated heterocycles. The van der Waals surface area contributed by atoms with Gasteiger partial charge in [0.25, 0.3) is 0 Å². The number of aromatic nitrogens is 1. The average Bonchev–Trinajstić information content (AvgIpc) is 2.95. The number of ether oxygens (including phenoxy) is 2. The third kappa shape index (κ3) is 3.54. The second-order valence-electron chi connectivity index (χ2n) is 5.42. The molecule has 1 aromatic carbocycles. The summed E-state index contributed by atoms with van der Waals surface area (Å²) in [4.78, 5) is 6.25. The molecule has 0 aliphatic carbocycles. The highest BCUT2D eigenvalue weighted by atomic mass is 19.1. The van der Waals surface area contributed by atoms with Gasteiger partial charge >= 0.3 is 0 Å². The Balaban J connectivity index is 1.56. The summed E-state index contributed by atoms with van der Waals surface area (Å²) < 4.78 is 24.6. The minimum Gasteiger partial charge on any atom is -0.494 e. The van der Waals surface area contributed by atoms with E-state index < -0.39 is 0 Å². The van der Waals surface area contributed by atoms with Crippen molar-refractivity contribution in [1.29, 1.82) is 0 Å². The zero-order valence-electron chi connectivity index (χ0n) is 12.5. The van der Waals surface area contributed by atoms with Crippen molar-refractivity contribution in [2.75, 3.05) is 20.2 Å². The maximum absolute atomic E-state index is 13.7. The molecule has 3 rings (SSSR count). The summed E-state index contributed by atoms with van der Waals surface area (Å²) >= 11 is 0. The molecule has 0 saturated carbocycles. The quantitative estimate of drug-likeness (QED) is 0.850. The third-order valence-corrected chi connectivity index (χ3v) is 3.80. The number of rotatable bonds is 5. The highest BCUT2D eigenvalue weighted by Crippen LogP contribution is 2.22. The molecule has 2 aromatic rings. The average molecular weight is 302 g/mol. The van der Waals surface area contributed by atoms with Crippen molar-refractivity contribution in [3.05, 3.63) is 54.1 Å². The molecule has 0 bridgehead atoms. The van der Waals surface area contributed by atoms with E-state index in [9.17, 15) is 4.39 Å². The lowest BCUT2D eigenvalue weighted by Gasteiger charge is -2.17. The normalized spacial score (nSPS) is 18.4. The summed E-state index contributed by atoms with van der Waals surface area (Å²) in [5, 5.41) is 0. The number of halogens is 1. The first-order valence-electron chi connectivity index (χ1n) is 7.36. The van der Waals surface area contributed by atoms with E-state index in [1.807, 2.05) is 18.2 Å². The smallest absolute Gasteiger partial charge is 0.165 e. The Labute approximate surface area is 129 Å². The molecular formula is C17H19FN2O2. The van der Waals surface area contributed by atoms with Gasteiger partial charge in [0.2, 0.25) is 0 Å².